The van der Waals surface area contributed by atoms with Crippen LogP contribution < -0.4 is 10.2 Å². The molecule has 1 saturated heterocycles. The molecule has 0 radical (unpaired) electrons. The van der Waals surface area contributed by atoms with Gasteiger partial charge in [-0.3, -0.25) is 9.20 Å². The van der Waals surface area contributed by atoms with E-state index in [0.29, 0.717) is 23.2 Å². The fourth-order valence-corrected chi connectivity index (χ4v) is 3.15. The van der Waals surface area contributed by atoms with Gasteiger partial charge in [-0.15, -0.1) is 0 Å². The van der Waals surface area contributed by atoms with Gasteiger partial charge in [0.05, 0.1) is 6.20 Å². The number of benzene rings is 1. The average Bonchev–Trinajstić information content (AvgIpc) is 3.29. The first-order valence-electron chi connectivity index (χ1n) is 9.12. The van der Waals surface area contributed by atoms with Gasteiger partial charge >= 0.3 is 0 Å². The van der Waals surface area contributed by atoms with Crippen LogP contribution in [-0.2, 0) is 0 Å². The van der Waals surface area contributed by atoms with Crippen molar-refractivity contribution in [2.45, 2.75) is 13.3 Å². The van der Waals surface area contributed by atoms with Gasteiger partial charge in [0.1, 0.15) is 11.3 Å². The molecule has 0 spiro atoms. The Bertz CT molecular complexity index is 1170. The molecular formula is C20H18N6O2. The van der Waals surface area contributed by atoms with E-state index >= 15 is 0 Å². The lowest BCUT2D eigenvalue weighted by atomic mass is 10.1. The van der Waals surface area contributed by atoms with Crippen molar-refractivity contribution >= 4 is 23.2 Å². The average molecular weight is 374 g/mol. The maximum atomic E-state index is 12.8. The van der Waals surface area contributed by atoms with Gasteiger partial charge < -0.3 is 14.7 Å². The van der Waals surface area contributed by atoms with E-state index in [2.05, 4.69) is 25.3 Å². The van der Waals surface area contributed by atoms with Crippen molar-refractivity contribution < 1.29 is 9.32 Å². The molecule has 1 aliphatic heterocycles. The van der Waals surface area contributed by atoms with E-state index in [4.69, 9.17) is 4.52 Å². The number of nitrogens with one attached hydrogen (secondary N) is 1. The monoisotopic (exact) mass is 374 g/mol. The molecule has 28 heavy (non-hydrogen) atoms. The first-order chi connectivity index (χ1) is 13.7. The number of nitrogens with zero attached hydrogens (tertiary/aromatic N) is 5. The summed E-state index contributed by atoms with van der Waals surface area (Å²) in [5.41, 5.74) is 3.59. The summed E-state index contributed by atoms with van der Waals surface area (Å²) in [6.07, 6.45) is 4.53. The van der Waals surface area contributed by atoms with Crippen LogP contribution in [0.2, 0.25) is 0 Å². The van der Waals surface area contributed by atoms with E-state index in [-0.39, 0.29) is 5.91 Å². The largest absolute Gasteiger partial charge is 0.338 e. The number of carbonyl (C=O) groups excluding carboxylic acids is 1. The minimum atomic E-state index is -0.231. The summed E-state index contributed by atoms with van der Waals surface area (Å²) in [5.74, 6) is 0.816. The lowest BCUT2D eigenvalue weighted by Crippen LogP contribution is -2.37. The second-order valence-corrected chi connectivity index (χ2v) is 6.80. The Morgan fingerprint density at radius 3 is 2.93 bits per heavy atom. The Kier molecular flexibility index (Phi) is 3.82. The first kappa shape index (κ1) is 16.5. The highest BCUT2D eigenvalue weighted by molar-refractivity contribution is 6.04. The van der Waals surface area contributed by atoms with E-state index in [0.717, 1.165) is 36.3 Å². The molecule has 4 aromatic rings. The van der Waals surface area contributed by atoms with Crippen molar-refractivity contribution in [2.75, 3.05) is 23.3 Å². The normalized spacial score (nSPS) is 13.5. The van der Waals surface area contributed by atoms with E-state index in [1.165, 1.54) is 0 Å². The summed E-state index contributed by atoms with van der Waals surface area (Å²) in [4.78, 5) is 23.6. The van der Waals surface area contributed by atoms with E-state index in [1.54, 1.807) is 10.6 Å². The molecule has 0 aliphatic carbocycles. The quantitative estimate of drug-likeness (QED) is 0.590. The predicted octanol–water partition coefficient (Wildman–Crippen LogP) is 3.16. The van der Waals surface area contributed by atoms with Crippen LogP contribution in [0.3, 0.4) is 0 Å². The fourth-order valence-electron chi connectivity index (χ4n) is 3.15. The standard InChI is InChI=1S/C20H18N6O2/c1-13-6-7-14(19-23-20(24-28-19)25-8-4-9-25)11-15(13)22-18(27)16-12-21-17-5-2-3-10-26(16)17/h2-3,5-7,10-12H,4,8-9H2,1H3,(H,22,27). The van der Waals surface area contributed by atoms with Gasteiger partial charge in [-0.25, -0.2) is 4.98 Å². The zero-order valence-electron chi connectivity index (χ0n) is 15.3. The lowest BCUT2D eigenvalue weighted by molar-refractivity contribution is 0.102. The highest BCUT2D eigenvalue weighted by Gasteiger charge is 2.21. The van der Waals surface area contributed by atoms with Crippen LogP contribution in [0.5, 0.6) is 0 Å². The van der Waals surface area contributed by atoms with E-state index in [1.807, 2.05) is 49.5 Å². The summed E-state index contributed by atoms with van der Waals surface area (Å²) in [6, 6.07) is 11.3. The fraction of sp³-hybridized carbons (Fsp3) is 0.200. The van der Waals surface area contributed by atoms with Crippen LogP contribution >= 0.6 is 0 Å². The van der Waals surface area contributed by atoms with Gasteiger partial charge in [0, 0.05) is 30.5 Å². The third-order valence-corrected chi connectivity index (χ3v) is 4.94. The number of rotatable bonds is 4. The summed E-state index contributed by atoms with van der Waals surface area (Å²) in [6.45, 7) is 3.84. The summed E-state index contributed by atoms with van der Waals surface area (Å²) in [7, 11) is 0. The van der Waals surface area contributed by atoms with Crippen LogP contribution in [0.25, 0.3) is 17.1 Å². The molecule has 1 N–H and O–H groups in total. The van der Waals surface area contributed by atoms with Gasteiger partial charge in [-0.1, -0.05) is 12.1 Å². The van der Waals surface area contributed by atoms with Gasteiger partial charge in [-0.05, 0) is 48.3 Å². The summed E-state index contributed by atoms with van der Waals surface area (Å²) in [5, 5.41) is 7.01. The number of pyridine rings is 1. The minimum absolute atomic E-state index is 0.231. The van der Waals surface area contributed by atoms with Gasteiger partial charge in [-0.2, -0.15) is 4.98 Å². The first-order valence-corrected chi connectivity index (χ1v) is 9.12. The molecule has 8 heteroatoms. The molecule has 1 aromatic carbocycles. The topological polar surface area (TPSA) is 88.6 Å². The smallest absolute Gasteiger partial charge is 0.274 e. The number of aryl methyl sites for hydroxylation is 1. The van der Waals surface area contributed by atoms with Crippen LogP contribution in [0.15, 0.2) is 53.3 Å². The van der Waals surface area contributed by atoms with E-state index in [9.17, 15) is 4.79 Å². The van der Waals surface area contributed by atoms with Crippen LogP contribution in [0.1, 0.15) is 22.5 Å². The molecular weight excluding hydrogens is 356 g/mol. The zero-order chi connectivity index (χ0) is 19.1. The van der Waals surface area contributed by atoms with Crippen LogP contribution in [-0.4, -0.2) is 38.5 Å². The molecule has 0 unspecified atom stereocenters. The number of anilines is 2. The zero-order valence-corrected chi connectivity index (χ0v) is 15.3. The molecule has 1 fully saturated rings. The van der Waals surface area contributed by atoms with Crippen molar-refractivity contribution in [3.8, 4) is 11.5 Å². The Hall–Kier alpha value is -3.68. The highest BCUT2D eigenvalue weighted by Crippen LogP contribution is 2.27. The van der Waals surface area contributed by atoms with Gasteiger partial charge in [0.2, 0.25) is 0 Å². The number of hydrogen-bond donors (Lipinski definition) is 1. The molecule has 4 heterocycles. The SMILES string of the molecule is Cc1ccc(-c2nc(N3CCC3)no2)cc1NC(=O)c1cnc2ccccn12. The third-order valence-electron chi connectivity index (χ3n) is 4.94. The lowest BCUT2D eigenvalue weighted by Gasteiger charge is -2.28. The highest BCUT2D eigenvalue weighted by atomic mass is 16.5. The predicted molar refractivity (Wildman–Crippen MR) is 104 cm³/mol. The Morgan fingerprint density at radius 2 is 2.11 bits per heavy atom. The minimum Gasteiger partial charge on any atom is -0.338 e. The molecule has 0 atom stereocenters. The van der Waals surface area contributed by atoms with Crippen molar-refractivity contribution in [1.29, 1.82) is 0 Å². The number of imidazole rings is 1. The Morgan fingerprint density at radius 1 is 1.21 bits per heavy atom. The third kappa shape index (κ3) is 2.79. The molecule has 3 aromatic heterocycles. The number of amides is 1. The number of hydrogen-bond acceptors (Lipinski definition) is 6. The molecule has 1 amide bonds. The maximum Gasteiger partial charge on any atom is 0.274 e. The number of aromatic nitrogens is 4. The van der Waals surface area contributed by atoms with Gasteiger partial charge in [0.15, 0.2) is 0 Å². The number of carbonyl (C=O) groups is 1. The molecule has 8 nitrogen and oxygen atoms in total. The van der Waals surface area contributed by atoms with Crippen molar-refractivity contribution in [2.24, 2.45) is 0 Å². The van der Waals surface area contributed by atoms with Gasteiger partial charge in [0.25, 0.3) is 17.7 Å². The summed E-state index contributed by atoms with van der Waals surface area (Å²) < 4.78 is 7.16. The van der Waals surface area contributed by atoms with E-state index < -0.39 is 0 Å². The molecule has 1 aliphatic rings. The molecule has 140 valence electrons. The van der Waals surface area contributed by atoms with Crippen molar-refractivity contribution in [3.63, 3.8) is 0 Å². The maximum absolute atomic E-state index is 12.8. The van der Waals surface area contributed by atoms with Crippen LogP contribution in [0.4, 0.5) is 11.6 Å². The van der Waals surface area contributed by atoms with Crippen molar-refractivity contribution in [1.82, 2.24) is 19.5 Å². The molecule has 0 saturated carbocycles. The molecule has 5 rings (SSSR count). The molecule has 0 bridgehead atoms. The second kappa shape index (κ2) is 6.49. The van der Waals surface area contributed by atoms with Crippen LogP contribution in [0, 0.1) is 6.92 Å². The Labute approximate surface area is 160 Å². The second-order valence-electron chi connectivity index (χ2n) is 6.80. The Balaban J connectivity index is 1.43. The summed E-state index contributed by atoms with van der Waals surface area (Å²) >= 11 is 0. The van der Waals surface area contributed by atoms with Crippen molar-refractivity contribution in [3.05, 3.63) is 60.0 Å². The number of fused-ring (bicyclic) bond motifs is 1.